The Morgan fingerprint density at radius 2 is 1.90 bits per heavy atom. The van der Waals surface area contributed by atoms with E-state index >= 15 is 0 Å². The average molecular weight is 446 g/mol. The number of methoxy groups -OCH3 is 1. The van der Waals surface area contributed by atoms with E-state index in [9.17, 15) is 28.4 Å². The Hall–Kier alpha value is -0.530. The van der Waals surface area contributed by atoms with Crippen LogP contribution in [0, 0.1) is 5.92 Å². The minimum absolute atomic E-state index is 0.0358. The average Bonchev–Trinajstić information content (AvgIpc) is 2.95. The van der Waals surface area contributed by atoms with Gasteiger partial charge in [0, 0.05) is 13.0 Å². The summed E-state index contributed by atoms with van der Waals surface area (Å²) in [7, 11) is -3.90. The van der Waals surface area contributed by atoms with E-state index < -0.39 is 78.2 Å². The van der Waals surface area contributed by atoms with Crippen molar-refractivity contribution < 1.29 is 66.2 Å². The highest BCUT2D eigenvalue weighted by Crippen LogP contribution is 2.37. The summed E-state index contributed by atoms with van der Waals surface area (Å²) in [5, 5.41) is 33.5. The minimum Gasteiger partial charge on any atom is -0.726 e. The second-order valence-electron chi connectivity index (χ2n) is 6.85. The van der Waals surface area contributed by atoms with Crippen molar-refractivity contribution in [3.63, 3.8) is 0 Å². The first-order chi connectivity index (χ1) is 13.7. The molecule has 2 N–H and O–H groups in total. The Morgan fingerprint density at radius 1 is 1.17 bits per heavy atom. The minimum atomic E-state index is -5.12. The molecule has 3 aliphatic heterocycles. The normalized spacial score (nSPS) is 45.4. The van der Waals surface area contributed by atoms with Gasteiger partial charge in [-0.3, -0.25) is 9.22 Å². The van der Waals surface area contributed by atoms with Crippen LogP contribution in [-0.2, 0) is 48.2 Å². The second kappa shape index (κ2) is 9.31. The van der Waals surface area contributed by atoms with E-state index in [0.717, 1.165) is 0 Å². The summed E-state index contributed by atoms with van der Waals surface area (Å²) in [5.41, 5.74) is 0. The molecular formula is C14H22O14S-2. The summed E-state index contributed by atoms with van der Waals surface area (Å²) in [4.78, 5) is 4.62. The largest absolute Gasteiger partial charge is 0.726 e. The van der Waals surface area contributed by atoms with Crippen LogP contribution in [0.3, 0.4) is 0 Å². The van der Waals surface area contributed by atoms with Crippen molar-refractivity contribution in [2.45, 2.75) is 62.2 Å². The van der Waals surface area contributed by atoms with Crippen molar-refractivity contribution in [2.75, 3.05) is 20.3 Å². The fourth-order valence-electron chi connectivity index (χ4n) is 3.71. The van der Waals surface area contributed by atoms with E-state index in [1.165, 1.54) is 14.0 Å². The highest BCUT2D eigenvalue weighted by molar-refractivity contribution is 7.80. The van der Waals surface area contributed by atoms with Crippen molar-refractivity contribution >= 4 is 10.4 Å². The number of aliphatic hydroxyl groups excluding tert-OH is 2. The molecule has 3 heterocycles. The van der Waals surface area contributed by atoms with Crippen LogP contribution in [0.25, 0.3) is 0 Å². The van der Waals surface area contributed by atoms with Gasteiger partial charge in [-0.05, 0) is 0 Å². The SMILES string of the molecule is CO[C@H]1OC2COC([C@H]2O[C@@H]2OC(CO)[C@H](O)C(C)C2OO[O-])[C@@H]1OS(=O)(=O)[O-]. The van der Waals surface area contributed by atoms with E-state index in [2.05, 4.69) is 14.1 Å². The lowest BCUT2D eigenvalue weighted by Gasteiger charge is -2.45. The van der Waals surface area contributed by atoms with E-state index in [-0.39, 0.29) is 6.61 Å². The molecule has 15 heteroatoms. The zero-order chi connectivity index (χ0) is 21.3. The molecule has 3 fully saturated rings. The number of rotatable bonds is 8. The van der Waals surface area contributed by atoms with Crippen molar-refractivity contribution in [3.05, 3.63) is 0 Å². The molecule has 2 bridgehead atoms. The molecule has 3 aliphatic rings. The van der Waals surface area contributed by atoms with Gasteiger partial charge < -0.3 is 43.7 Å². The Bertz CT molecular complexity index is 644. The molecule has 5 unspecified atom stereocenters. The molecule has 0 aromatic rings. The smallest absolute Gasteiger partial charge is 0.218 e. The van der Waals surface area contributed by atoms with Crippen molar-refractivity contribution in [1.29, 1.82) is 0 Å². The fraction of sp³-hybridized carbons (Fsp3) is 1.00. The summed E-state index contributed by atoms with van der Waals surface area (Å²) in [6.07, 6.45) is -10.3. The van der Waals surface area contributed by atoms with E-state index in [0.29, 0.717) is 0 Å². The molecule has 0 amide bonds. The van der Waals surface area contributed by atoms with Crippen LogP contribution in [0.5, 0.6) is 0 Å². The summed E-state index contributed by atoms with van der Waals surface area (Å²) < 4.78 is 65.1. The van der Waals surface area contributed by atoms with Gasteiger partial charge >= 0.3 is 0 Å². The molecule has 3 rings (SSSR count). The third-order valence-electron chi connectivity index (χ3n) is 5.14. The molecule has 0 aliphatic carbocycles. The topological polar surface area (TPSA) is 195 Å². The van der Waals surface area contributed by atoms with Crippen LogP contribution >= 0.6 is 0 Å². The van der Waals surface area contributed by atoms with Gasteiger partial charge in [-0.2, -0.15) is 0 Å². The molecule has 0 aromatic heterocycles. The van der Waals surface area contributed by atoms with Crippen LogP contribution in [0.4, 0.5) is 0 Å². The van der Waals surface area contributed by atoms with Crippen LogP contribution in [0.1, 0.15) is 6.92 Å². The quantitative estimate of drug-likeness (QED) is 0.160. The number of fused-ring (bicyclic) bond motifs is 2. The van der Waals surface area contributed by atoms with Crippen LogP contribution in [0.15, 0.2) is 0 Å². The predicted octanol–water partition coefficient (Wildman–Crippen LogP) is -3.71. The zero-order valence-electron chi connectivity index (χ0n) is 15.4. The molecule has 0 saturated carbocycles. The molecule has 10 atom stereocenters. The zero-order valence-corrected chi connectivity index (χ0v) is 16.2. The van der Waals surface area contributed by atoms with E-state index in [1.54, 1.807) is 0 Å². The monoisotopic (exact) mass is 446 g/mol. The highest BCUT2D eigenvalue weighted by Gasteiger charge is 2.56. The van der Waals surface area contributed by atoms with Gasteiger partial charge in [-0.1, -0.05) is 6.92 Å². The van der Waals surface area contributed by atoms with Gasteiger partial charge in [-0.25, -0.2) is 13.3 Å². The lowest BCUT2D eigenvalue weighted by molar-refractivity contribution is -0.808. The Morgan fingerprint density at radius 3 is 2.48 bits per heavy atom. The first-order valence-electron chi connectivity index (χ1n) is 8.69. The number of aliphatic hydroxyl groups is 2. The first kappa shape index (κ1) is 23.1. The number of hydrogen-bond donors (Lipinski definition) is 2. The van der Waals surface area contributed by atoms with Crippen LogP contribution < -0.4 is 5.26 Å². The second-order valence-corrected chi connectivity index (χ2v) is 7.86. The molecular weight excluding hydrogens is 424 g/mol. The predicted molar refractivity (Wildman–Crippen MR) is 81.7 cm³/mol. The Kier molecular flexibility index (Phi) is 7.43. The number of hydrogen-bond acceptors (Lipinski definition) is 14. The van der Waals surface area contributed by atoms with Crippen molar-refractivity contribution in [2.24, 2.45) is 5.92 Å². The maximum absolute atomic E-state index is 11.1. The van der Waals surface area contributed by atoms with Gasteiger partial charge in [0.1, 0.15) is 30.5 Å². The first-order valence-corrected chi connectivity index (χ1v) is 10.0. The molecule has 3 saturated heterocycles. The maximum atomic E-state index is 11.1. The lowest BCUT2D eigenvalue weighted by Crippen LogP contribution is -2.61. The van der Waals surface area contributed by atoms with Gasteiger partial charge in [-0.15, -0.1) is 0 Å². The lowest BCUT2D eigenvalue weighted by atomic mass is 9.90. The highest BCUT2D eigenvalue weighted by atomic mass is 32.3. The summed E-state index contributed by atoms with van der Waals surface area (Å²) in [6.45, 7) is 0.938. The van der Waals surface area contributed by atoms with Gasteiger partial charge in [0.05, 0.1) is 19.3 Å². The Labute approximate surface area is 165 Å². The molecule has 14 nitrogen and oxygen atoms in total. The van der Waals surface area contributed by atoms with Gasteiger partial charge in [0.15, 0.2) is 18.7 Å². The van der Waals surface area contributed by atoms with E-state index in [4.69, 9.17) is 23.7 Å². The maximum Gasteiger partial charge on any atom is 0.218 e. The molecule has 0 radical (unpaired) electrons. The molecule has 0 spiro atoms. The number of ether oxygens (including phenoxy) is 5. The standard InChI is InChI=1S/C14H24O14S/c1-5-8(16)6(3-15)23-14(9(5)26-28-17)25-10-7-4-22-11(10)12(13(21-2)24-7)27-29(18,19)20/h5-17H,3-4H2,1-2H3,(H,18,19,20)/p-2/t5?,6?,7?,8-,9?,10+,11?,12+,13+,14+/m1/s1. The van der Waals surface area contributed by atoms with E-state index in [1.807, 2.05) is 0 Å². The summed E-state index contributed by atoms with van der Waals surface area (Å²) >= 11 is 0. The Balaban J connectivity index is 1.80. The van der Waals surface area contributed by atoms with Crippen molar-refractivity contribution in [1.82, 2.24) is 0 Å². The van der Waals surface area contributed by atoms with Crippen LogP contribution in [0.2, 0.25) is 0 Å². The van der Waals surface area contributed by atoms with Crippen molar-refractivity contribution in [3.8, 4) is 0 Å². The fourth-order valence-corrected chi connectivity index (χ4v) is 4.18. The molecule has 170 valence electrons. The third-order valence-corrected chi connectivity index (χ3v) is 5.60. The van der Waals surface area contributed by atoms with Crippen LogP contribution in [-0.4, -0.2) is 98.8 Å². The third kappa shape index (κ3) is 4.87. The van der Waals surface area contributed by atoms with Gasteiger partial charge in [0.2, 0.25) is 10.4 Å². The molecule has 29 heavy (non-hydrogen) atoms. The molecule has 0 aromatic carbocycles. The van der Waals surface area contributed by atoms with Gasteiger partial charge in [0.25, 0.3) is 0 Å². The summed E-state index contributed by atoms with van der Waals surface area (Å²) in [6, 6.07) is 0. The summed E-state index contributed by atoms with van der Waals surface area (Å²) in [5.74, 6) is -0.747.